The Hall–Kier alpha value is -2.11. The first kappa shape index (κ1) is 16.9. The van der Waals surface area contributed by atoms with Crippen molar-refractivity contribution < 1.29 is 23.8 Å². The topological polar surface area (TPSA) is 78.5 Å². The lowest BCUT2D eigenvalue weighted by atomic mass is 10.0. The van der Waals surface area contributed by atoms with Gasteiger partial charge in [0.1, 0.15) is 11.4 Å². The number of carboxylic acids is 1. The number of alkyl carbamates (subject to hydrolysis) is 1. The molecule has 0 heterocycles. The molecule has 1 rings (SSSR count). The van der Waals surface area contributed by atoms with Crippen LogP contribution in [0.1, 0.15) is 32.8 Å². The third-order valence-corrected chi connectivity index (χ3v) is 2.53. The van der Waals surface area contributed by atoms with Crippen LogP contribution in [0.4, 0.5) is 9.18 Å². The van der Waals surface area contributed by atoms with E-state index in [-0.39, 0.29) is 18.7 Å². The van der Waals surface area contributed by atoms with Crippen LogP contribution >= 0.6 is 0 Å². The summed E-state index contributed by atoms with van der Waals surface area (Å²) in [6.45, 7) is 5.13. The highest BCUT2D eigenvalue weighted by molar-refractivity contribution is 5.70. The van der Waals surface area contributed by atoms with E-state index in [1.165, 1.54) is 24.3 Å². The van der Waals surface area contributed by atoms with Crippen LogP contribution in [0.25, 0.3) is 0 Å². The first-order chi connectivity index (χ1) is 9.65. The van der Waals surface area contributed by atoms with Gasteiger partial charge in [-0.1, -0.05) is 12.1 Å². The lowest BCUT2D eigenvalue weighted by Gasteiger charge is -2.24. The monoisotopic (exact) mass is 296 g/mol. The van der Waals surface area contributed by atoms with Crippen molar-refractivity contribution in [3.05, 3.63) is 35.6 Å². The van der Waals surface area contributed by atoms with Crippen molar-refractivity contribution in [1.29, 1.82) is 0 Å². The maximum absolute atomic E-state index is 12.8. The molecule has 0 saturated heterocycles. The molecule has 1 aromatic rings. The molecule has 1 atom stereocenters. The van der Waals surface area contributed by atoms with Crippen molar-refractivity contribution in [2.24, 2.45) is 0 Å². The Morgan fingerprint density at radius 1 is 1.29 bits per heavy atom. The second-order valence-electron chi connectivity index (χ2n) is 5.75. The average Bonchev–Trinajstić information content (AvgIpc) is 2.28. The van der Waals surface area contributed by atoms with E-state index in [9.17, 15) is 19.1 Å². The minimum Gasteiger partial charge on any atom is -0.550 e. The summed E-state index contributed by atoms with van der Waals surface area (Å²) in [4.78, 5) is 22.4. The number of carbonyl (C=O) groups is 2. The van der Waals surface area contributed by atoms with E-state index in [1.807, 2.05) is 0 Å². The Labute approximate surface area is 123 Å². The fourth-order valence-electron chi connectivity index (χ4n) is 1.75. The second-order valence-corrected chi connectivity index (χ2v) is 5.75. The summed E-state index contributed by atoms with van der Waals surface area (Å²) >= 11 is 0. The normalized spacial score (nSPS) is 12.6. The van der Waals surface area contributed by atoms with E-state index < -0.39 is 23.7 Å². The number of hydrogen-bond acceptors (Lipinski definition) is 4. The standard InChI is InChI=1S/C15H20FNO4/c1-15(2,3)21-14(20)17-12(9-13(18)19)8-10-4-6-11(16)7-5-10/h4-7,12H,8-9H2,1-3H3,(H,17,20)(H,18,19)/p-1/t12-/m1/s1. The lowest BCUT2D eigenvalue weighted by molar-refractivity contribution is -0.306. The molecule has 0 aliphatic carbocycles. The molecule has 21 heavy (non-hydrogen) atoms. The number of aliphatic carboxylic acids is 1. The highest BCUT2D eigenvalue weighted by Gasteiger charge is 2.20. The molecular formula is C15H19FNO4-. The van der Waals surface area contributed by atoms with Gasteiger partial charge in [-0.25, -0.2) is 9.18 Å². The van der Waals surface area contributed by atoms with Crippen molar-refractivity contribution in [2.45, 2.75) is 45.3 Å². The molecule has 0 bridgehead atoms. The van der Waals surface area contributed by atoms with Crippen molar-refractivity contribution in [3.63, 3.8) is 0 Å². The third-order valence-electron chi connectivity index (χ3n) is 2.53. The fourth-order valence-corrected chi connectivity index (χ4v) is 1.75. The molecule has 1 amide bonds. The number of benzene rings is 1. The van der Waals surface area contributed by atoms with E-state index in [2.05, 4.69) is 5.32 Å². The zero-order chi connectivity index (χ0) is 16.0. The maximum atomic E-state index is 12.8. The van der Waals surface area contributed by atoms with Crippen LogP contribution in [-0.2, 0) is 16.0 Å². The molecular weight excluding hydrogens is 277 g/mol. The fraction of sp³-hybridized carbons (Fsp3) is 0.467. The van der Waals surface area contributed by atoms with Gasteiger partial charge in [0.05, 0.1) is 0 Å². The summed E-state index contributed by atoms with van der Waals surface area (Å²) in [5.41, 5.74) is 0.0325. The molecule has 0 radical (unpaired) electrons. The molecule has 6 heteroatoms. The number of hydrogen-bond donors (Lipinski definition) is 1. The van der Waals surface area contributed by atoms with Gasteiger partial charge in [0.15, 0.2) is 0 Å². The minimum atomic E-state index is -1.28. The van der Waals surface area contributed by atoms with Crippen molar-refractivity contribution in [3.8, 4) is 0 Å². The van der Waals surface area contributed by atoms with Crippen molar-refractivity contribution in [2.75, 3.05) is 0 Å². The molecule has 0 fully saturated rings. The van der Waals surface area contributed by atoms with Crippen LogP contribution < -0.4 is 10.4 Å². The molecule has 0 unspecified atom stereocenters. The quantitative estimate of drug-likeness (QED) is 0.891. The minimum absolute atomic E-state index is 0.244. The van der Waals surface area contributed by atoms with E-state index >= 15 is 0 Å². The van der Waals surface area contributed by atoms with Crippen molar-refractivity contribution in [1.82, 2.24) is 5.32 Å². The molecule has 116 valence electrons. The largest absolute Gasteiger partial charge is 0.550 e. The van der Waals surface area contributed by atoms with Gasteiger partial charge in [0, 0.05) is 18.4 Å². The summed E-state index contributed by atoms with van der Waals surface area (Å²) in [6.07, 6.45) is -0.805. The molecule has 0 saturated carbocycles. The van der Waals surface area contributed by atoms with Crippen molar-refractivity contribution >= 4 is 12.1 Å². The average molecular weight is 296 g/mol. The van der Waals surface area contributed by atoms with Gasteiger partial charge in [0.25, 0.3) is 0 Å². The number of ether oxygens (including phenoxy) is 1. The van der Waals surface area contributed by atoms with Gasteiger partial charge in [-0.3, -0.25) is 0 Å². The first-order valence-electron chi connectivity index (χ1n) is 6.59. The predicted molar refractivity (Wildman–Crippen MR) is 72.9 cm³/mol. The van der Waals surface area contributed by atoms with Gasteiger partial charge in [-0.2, -0.15) is 0 Å². The number of carbonyl (C=O) groups excluding carboxylic acids is 2. The predicted octanol–water partition coefficient (Wildman–Crippen LogP) is 1.40. The number of amides is 1. The zero-order valence-electron chi connectivity index (χ0n) is 12.3. The Morgan fingerprint density at radius 2 is 1.86 bits per heavy atom. The summed E-state index contributed by atoms with van der Waals surface area (Å²) < 4.78 is 17.9. The Morgan fingerprint density at radius 3 is 2.33 bits per heavy atom. The van der Waals surface area contributed by atoms with Crippen LogP contribution in [0.2, 0.25) is 0 Å². The Balaban J connectivity index is 2.69. The maximum Gasteiger partial charge on any atom is 0.407 e. The Bertz CT molecular complexity index is 493. The first-order valence-corrected chi connectivity index (χ1v) is 6.59. The lowest BCUT2D eigenvalue weighted by Crippen LogP contribution is -2.43. The summed E-state index contributed by atoms with van der Waals surface area (Å²) in [7, 11) is 0. The Kier molecular flexibility index (Phi) is 5.69. The third kappa shape index (κ3) is 7.29. The highest BCUT2D eigenvalue weighted by Crippen LogP contribution is 2.10. The molecule has 1 aromatic carbocycles. The van der Waals surface area contributed by atoms with Crippen LogP contribution in [0, 0.1) is 5.82 Å². The smallest absolute Gasteiger partial charge is 0.407 e. The van der Waals surface area contributed by atoms with E-state index in [0.717, 1.165) is 0 Å². The van der Waals surface area contributed by atoms with E-state index in [4.69, 9.17) is 4.74 Å². The van der Waals surface area contributed by atoms with Gasteiger partial charge in [0.2, 0.25) is 0 Å². The molecule has 0 aliphatic rings. The highest BCUT2D eigenvalue weighted by atomic mass is 19.1. The number of rotatable bonds is 5. The molecule has 5 nitrogen and oxygen atoms in total. The zero-order valence-corrected chi connectivity index (χ0v) is 12.3. The van der Waals surface area contributed by atoms with E-state index in [0.29, 0.717) is 5.56 Å². The van der Waals surface area contributed by atoms with Crippen LogP contribution in [0.5, 0.6) is 0 Å². The van der Waals surface area contributed by atoms with Gasteiger partial charge in [-0.05, 0) is 44.9 Å². The van der Waals surface area contributed by atoms with Gasteiger partial charge in [-0.15, -0.1) is 0 Å². The summed E-state index contributed by atoms with van der Waals surface area (Å²) in [5.74, 6) is -1.66. The van der Waals surface area contributed by atoms with Gasteiger partial charge < -0.3 is 20.0 Å². The second kappa shape index (κ2) is 7.06. The number of halogens is 1. The number of carboxylic acid groups (broad SMARTS) is 1. The molecule has 0 aliphatic heterocycles. The van der Waals surface area contributed by atoms with Crippen LogP contribution in [0.15, 0.2) is 24.3 Å². The molecule has 0 aromatic heterocycles. The SMILES string of the molecule is CC(C)(C)OC(=O)N[C@@H](CC(=O)[O-])Cc1ccc(F)cc1. The van der Waals surface area contributed by atoms with Gasteiger partial charge >= 0.3 is 6.09 Å². The number of nitrogens with one attached hydrogen (secondary N) is 1. The van der Waals surface area contributed by atoms with E-state index in [1.54, 1.807) is 20.8 Å². The van der Waals surface area contributed by atoms with Crippen LogP contribution in [0.3, 0.4) is 0 Å². The molecule has 0 spiro atoms. The van der Waals surface area contributed by atoms with Crippen LogP contribution in [-0.4, -0.2) is 23.7 Å². The molecule has 1 N–H and O–H groups in total. The summed E-state index contributed by atoms with van der Waals surface area (Å²) in [5, 5.41) is 13.2. The summed E-state index contributed by atoms with van der Waals surface area (Å²) in [6, 6.07) is 4.94.